The Balaban J connectivity index is 2.25. The Morgan fingerprint density at radius 2 is 2.00 bits per heavy atom. The van der Waals surface area contributed by atoms with Gasteiger partial charge >= 0.3 is 0 Å². The molecule has 0 aliphatic heterocycles. The van der Waals surface area contributed by atoms with Crippen LogP contribution >= 0.6 is 11.6 Å². The molecule has 0 fully saturated rings. The average molecular weight is 329 g/mol. The molecule has 0 radical (unpaired) electrons. The molecule has 0 heterocycles. The van der Waals surface area contributed by atoms with Crippen LogP contribution in [0, 0.1) is 15.9 Å². The fourth-order valence-corrected chi connectivity index (χ4v) is 3.26. The number of hydrogen-bond acceptors (Lipinski definition) is 4. The van der Waals surface area contributed by atoms with Crippen molar-refractivity contribution >= 4 is 33.8 Å². The Hall–Kier alpha value is -1.99. The lowest BCUT2D eigenvalue weighted by atomic mass is 10.2. The van der Waals surface area contributed by atoms with Crippen molar-refractivity contribution in [1.29, 1.82) is 0 Å². The zero-order chi connectivity index (χ0) is 15.6. The van der Waals surface area contributed by atoms with E-state index in [4.69, 9.17) is 17.3 Å². The summed E-state index contributed by atoms with van der Waals surface area (Å²) in [6.45, 7) is 0. The van der Waals surface area contributed by atoms with Gasteiger partial charge < -0.3 is 5.73 Å². The van der Waals surface area contributed by atoms with Crippen LogP contribution in [-0.4, -0.2) is 9.13 Å². The Bertz CT molecular complexity index is 739. The van der Waals surface area contributed by atoms with Crippen molar-refractivity contribution in [2.75, 3.05) is 5.73 Å². The number of hydrogen-bond donors (Lipinski definition) is 1. The molecule has 2 aromatic rings. The van der Waals surface area contributed by atoms with E-state index in [2.05, 4.69) is 0 Å². The van der Waals surface area contributed by atoms with Gasteiger partial charge in [0.2, 0.25) is 0 Å². The Kier molecular flexibility index (Phi) is 4.54. The number of non-ortho nitro benzene ring substituents is 1. The normalized spacial score (nSPS) is 12.1. The molecule has 1 unspecified atom stereocenters. The van der Waals surface area contributed by atoms with E-state index < -0.39 is 21.5 Å². The van der Waals surface area contributed by atoms with E-state index in [1.54, 1.807) is 0 Å². The zero-order valence-electron chi connectivity index (χ0n) is 10.6. The van der Waals surface area contributed by atoms with E-state index in [0.717, 1.165) is 6.07 Å². The Morgan fingerprint density at radius 1 is 1.29 bits per heavy atom. The monoisotopic (exact) mass is 328 g/mol. The summed E-state index contributed by atoms with van der Waals surface area (Å²) in [7, 11) is -1.53. The number of rotatable bonds is 4. The van der Waals surface area contributed by atoms with Crippen LogP contribution in [0.2, 0.25) is 5.02 Å². The molecule has 2 N–H and O–H groups in total. The summed E-state index contributed by atoms with van der Waals surface area (Å²) in [6, 6.07) is 7.53. The molecule has 2 rings (SSSR count). The fraction of sp³-hybridized carbons (Fsp3) is 0.0769. The molecule has 0 aliphatic rings. The summed E-state index contributed by atoms with van der Waals surface area (Å²) >= 11 is 5.94. The minimum atomic E-state index is -1.53. The van der Waals surface area contributed by atoms with E-state index in [9.17, 15) is 18.7 Å². The number of nitro groups is 1. The second-order valence-corrected chi connectivity index (χ2v) is 6.03. The van der Waals surface area contributed by atoms with E-state index in [1.807, 2.05) is 0 Å². The smallest absolute Gasteiger partial charge is 0.270 e. The summed E-state index contributed by atoms with van der Waals surface area (Å²) < 4.78 is 25.2. The van der Waals surface area contributed by atoms with Crippen LogP contribution in [0.4, 0.5) is 15.8 Å². The van der Waals surface area contributed by atoms with Crippen molar-refractivity contribution in [2.24, 2.45) is 0 Å². The number of anilines is 1. The first-order valence-electron chi connectivity index (χ1n) is 5.74. The number of halogens is 2. The maximum absolute atomic E-state index is 13.0. The first-order chi connectivity index (χ1) is 9.88. The van der Waals surface area contributed by atoms with Crippen molar-refractivity contribution in [2.45, 2.75) is 10.6 Å². The van der Waals surface area contributed by atoms with Crippen molar-refractivity contribution in [3.63, 3.8) is 0 Å². The van der Waals surface area contributed by atoms with Crippen LogP contribution < -0.4 is 5.73 Å². The topological polar surface area (TPSA) is 86.2 Å². The highest BCUT2D eigenvalue weighted by atomic mass is 35.5. The van der Waals surface area contributed by atoms with Crippen LogP contribution in [0.1, 0.15) is 5.56 Å². The van der Waals surface area contributed by atoms with Crippen molar-refractivity contribution in [3.8, 4) is 0 Å². The van der Waals surface area contributed by atoms with Gasteiger partial charge in [-0.25, -0.2) is 4.39 Å². The number of nitrogens with two attached hydrogens (primary N) is 1. The largest absolute Gasteiger partial charge is 0.398 e. The molecule has 0 saturated heterocycles. The fourth-order valence-electron chi connectivity index (χ4n) is 1.71. The molecule has 0 aliphatic carbocycles. The highest BCUT2D eigenvalue weighted by Gasteiger charge is 2.14. The van der Waals surface area contributed by atoms with E-state index in [-0.39, 0.29) is 22.2 Å². The maximum atomic E-state index is 13.0. The van der Waals surface area contributed by atoms with Gasteiger partial charge in [0.1, 0.15) is 5.82 Å². The first kappa shape index (κ1) is 15.4. The van der Waals surface area contributed by atoms with Gasteiger partial charge in [0.15, 0.2) is 0 Å². The van der Waals surface area contributed by atoms with Crippen molar-refractivity contribution in [3.05, 3.63) is 62.9 Å². The highest BCUT2D eigenvalue weighted by molar-refractivity contribution is 7.84. The summed E-state index contributed by atoms with van der Waals surface area (Å²) in [5.74, 6) is -0.478. The van der Waals surface area contributed by atoms with Crippen LogP contribution in [0.15, 0.2) is 41.3 Å². The second-order valence-electron chi connectivity index (χ2n) is 4.20. The lowest BCUT2D eigenvalue weighted by Crippen LogP contribution is -2.02. The van der Waals surface area contributed by atoms with Crippen LogP contribution in [-0.2, 0) is 16.6 Å². The van der Waals surface area contributed by atoms with Gasteiger partial charge in [-0.2, -0.15) is 0 Å². The van der Waals surface area contributed by atoms with Crippen LogP contribution in [0.5, 0.6) is 0 Å². The van der Waals surface area contributed by atoms with E-state index in [0.29, 0.717) is 10.5 Å². The summed E-state index contributed by atoms with van der Waals surface area (Å²) in [5.41, 5.74) is 6.06. The van der Waals surface area contributed by atoms with Gasteiger partial charge in [0.25, 0.3) is 5.69 Å². The van der Waals surface area contributed by atoms with Gasteiger partial charge in [-0.05, 0) is 29.8 Å². The van der Waals surface area contributed by atoms with Crippen molar-refractivity contribution < 1.29 is 13.5 Å². The van der Waals surface area contributed by atoms with Gasteiger partial charge in [0, 0.05) is 12.1 Å². The van der Waals surface area contributed by atoms with Crippen LogP contribution in [0.3, 0.4) is 0 Å². The molecule has 0 aromatic heterocycles. The SMILES string of the molecule is Nc1cc(F)ccc1S(=O)Cc1ccc([N+](=O)[O-])cc1Cl. The predicted octanol–water partition coefficient (Wildman–Crippen LogP) is 3.28. The molecule has 0 spiro atoms. The standard InChI is InChI=1S/C13H10ClFN2O3S/c14-11-6-10(17(18)19)3-1-8(11)7-21(20)13-4-2-9(15)5-12(13)16/h1-6H,7,16H2. The first-order valence-corrected chi connectivity index (χ1v) is 7.44. The van der Waals surface area contributed by atoms with Gasteiger partial charge in [-0.3, -0.25) is 14.3 Å². The number of nitrogen functional groups attached to an aromatic ring is 1. The third-order valence-corrected chi connectivity index (χ3v) is 4.54. The molecule has 0 amide bonds. The van der Waals surface area contributed by atoms with E-state index in [1.165, 1.54) is 30.3 Å². The summed E-state index contributed by atoms with van der Waals surface area (Å²) in [5, 5.41) is 10.8. The van der Waals surface area contributed by atoms with Crippen molar-refractivity contribution in [1.82, 2.24) is 0 Å². The van der Waals surface area contributed by atoms with Gasteiger partial charge in [-0.15, -0.1) is 0 Å². The minimum absolute atomic E-state index is 0.0344. The lowest BCUT2D eigenvalue weighted by Gasteiger charge is -2.07. The molecule has 110 valence electrons. The molecule has 21 heavy (non-hydrogen) atoms. The minimum Gasteiger partial charge on any atom is -0.398 e. The summed E-state index contributed by atoms with van der Waals surface area (Å²) in [4.78, 5) is 10.4. The molecule has 5 nitrogen and oxygen atoms in total. The predicted molar refractivity (Wildman–Crippen MR) is 79.0 cm³/mol. The number of benzene rings is 2. The van der Waals surface area contributed by atoms with Gasteiger partial charge in [-0.1, -0.05) is 11.6 Å². The second kappa shape index (κ2) is 6.19. The van der Waals surface area contributed by atoms with Crippen LogP contribution in [0.25, 0.3) is 0 Å². The zero-order valence-corrected chi connectivity index (χ0v) is 12.2. The molecular weight excluding hydrogens is 319 g/mol. The molecule has 0 bridgehead atoms. The van der Waals surface area contributed by atoms with Gasteiger partial charge in [0.05, 0.1) is 37.1 Å². The van der Waals surface area contributed by atoms with E-state index >= 15 is 0 Å². The Morgan fingerprint density at radius 3 is 2.57 bits per heavy atom. The third-order valence-electron chi connectivity index (χ3n) is 2.75. The molecule has 8 heteroatoms. The number of nitrogens with zero attached hydrogens (tertiary/aromatic N) is 1. The molecule has 2 aromatic carbocycles. The molecule has 0 saturated carbocycles. The Labute approximate surface area is 127 Å². The highest BCUT2D eigenvalue weighted by Crippen LogP contribution is 2.26. The quantitative estimate of drug-likeness (QED) is 0.530. The maximum Gasteiger partial charge on any atom is 0.270 e. The number of nitro benzene ring substituents is 1. The molecular formula is C13H10ClFN2O3S. The lowest BCUT2D eigenvalue weighted by molar-refractivity contribution is -0.384. The third kappa shape index (κ3) is 3.56. The summed E-state index contributed by atoms with van der Waals surface area (Å²) in [6.07, 6.45) is 0. The average Bonchev–Trinajstić information content (AvgIpc) is 2.40. The molecule has 1 atom stereocenters.